The number of carbonyl (C=O) groups excluding carboxylic acids is 1. The Morgan fingerprint density at radius 2 is 1.63 bits per heavy atom. The van der Waals surface area contributed by atoms with Gasteiger partial charge in [0.05, 0.1) is 6.54 Å². The molecule has 0 heterocycles. The van der Waals surface area contributed by atoms with Gasteiger partial charge < -0.3 is 15.4 Å². The van der Waals surface area contributed by atoms with Crippen molar-refractivity contribution in [1.82, 2.24) is 0 Å². The quantitative estimate of drug-likeness (QED) is 0.913. The number of benzene rings is 2. The van der Waals surface area contributed by atoms with Crippen LogP contribution in [0.15, 0.2) is 54.6 Å². The summed E-state index contributed by atoms with van der Waals surface area (Å²) < 4.78 is 5.67. The minimum atomic E-state index is -0.128. The van der Waals surface area contributed by atoms with Crippen LogP contribution in [0.3, 0.4) is 0 Å². The van der Waals surface area contributed by atoms with E-state index in [1.165, 1.54) is 4.90 Å². The normalized spacial score (nSPS) is 10.0. The van der Waals surface area contributed by atoms with Crippen LogP contribution in [0.25, 0.3) is 0 Å². The SMILES string of the molecule is CN(C(=O)CN)c1ccc(Oc2ccccc2)cc1. The van der Waals surface area contributed by atoms with E-state index in [1.807, 2.05) is 54.6 Å². The number of hydrogen-bond donors (Lipinski definition) is 1. The summed E-state index contributed by atoms with van der Waals surface area (Å²) in [5.41, 5.74) is 6.11. The largest absolute Gasteiger partial charge is 0.457 e. The Kier molecular flexibility index (Phi) is 4.15. The zero-order valence-electron chi connectivity index (χ0n) is 10.7. The highest BCUT2D eigenvalue weighted by Crippen LogP contribution is 2.23. The van der Waals surface area contributed by atoms with Crippen LogP contribution >= 0.6 is 0 Å². The van der Waals surface area contributed by atoms with Crippen molar-refractivity contribution in [2.45, 2.75) is 0 Å². The van der Waals surface area contributed by atoms with Gasteiger partial charge in [-0.25, -0.2) is 0 Å². The zero-order chi connectivity index (χ0) is 13.7. The second kappa shape index (κ2) is 6.02. The third-order valence-electron chi connectivity index (χ3n) is 2.75. The molecule has 0 aromatic heterocycles. The molecule has 0 bridgehead atoms. The molecule has 0 aliphatic carbocycles. The van der Waals surface area contributed by atoms with E-state index in [0.717, 1.165) is 17.2 Å². The van der Waals surface area contributed by atoms with Crippen molar-refractivity contribution in [2.24, 2.45) is 5.73 Å². The van der Waals surface area contributed by atoms with Crippen LogP contribution in [-0.2, 0) is 4.79 Å². The molecule has 4 nitrogen and oxygen atoms in total. The van der Waals surface area contributed by atoms with Crippen LogP contribution in [0.2, 0.25) is 0 Å². The van der Waals surface area contributed by atoms with E-state index in [4.69, 9.17) is 10.5 Å². The van der Waals surface area contributed by atoms with Gasteiger partial charge in [0.25, 0.3) is 0 Å². The van der Waals surface area contributed by atoms with Gasteiger partial charge in [-0.05, 0) is 36.4 Å². The van der Waals surface area contributed by atoms with Gasteiger partial charge >= 0.3 is 0 Å². The average Bonchev–Trinajstić information content (AvgIpc) is 2.47. The fourth-order valence-corrected chi connectivity index (χ4v) is 1.64. The number of anilines is 1. The molecule has 4 heteroatoms. The second-order valence-electron chi connectivity index (χ2n) is 4.07. The molecule has 19 heavy (non-hydrogen) atoms. The van der Waals surface area contributed by atoms with E-state index in [-0.39, 0.29) is 12.5 Å². The lowest BCUT2D eigenvalue weighted by molar-refractivity contribution is -0.117. The van der Waals surface area contributed by atoms with Gasteiger partial charge in [-0.2, -0.15) is 0 Å². The number of para-hydroxylation sites is 1. The van der Waals surface area contributed by atoms with Crippen LogP contribution in [0.1, 0.15) is 0 Å². The third kappa shape index (κ3) is 3.33. The van der Waals surface area contributed by atoms with Crippen LogP contribution in [0.5, 0.6) is 11.5 Å². The molecule has 0 saturated heterocycles. The third-order valence-corrected chi connectivity index (χ3v) is 2.75. The maximum Gasteiger partial charge on any atom is 0.240 e. The Balaban J connectivity index is 2.08. The smallest absolute Gasteiger partial charge is 0.240 e. The molecule has 0 aliphatic heterocycles. The van der Waals surface area contributed by atoms with E-state index >= 15 is 0 Å². The number of nitrogens with zero attached hydrogens (tertiary/aromatic N) is 1. The van der Waals surface area contributed by atoms with Crippen LogP contribution in [-0.4, -0.2) is 19.5 Å². The lowest BCUT2D eigenvalue weighted by atomic mass is 10.2. The summed E-state index contributed by atoms with van der Waals surface area (Å²) in [5, 5.41) is 0. The Hall–Kier alpha value is -2.33. The molecule has 2 aromatic carbocycles. The zero-order valence-corrected chi connectivity index (χ0v) is 10.7. The molecular formula is C15H16N2O2. The number of nitrogens with two attached hydrogens (primary N) is 1. The van der Waals surface area contributed by atoms with E-state index in [9.17, 15) is 4.79 Å². The number of hydrogen-bond acceptors (Lipinski definition) is 3. The topological polar surface area (TPSA) is 55.6 Å². The first kappa shape index (κ1) is 13.1. The number of carbonyl (C=O) groups is 1. The molecule has 2 N–H and O–H groups in total. The van der Waals surface area contributed by atoms with Crippen molar-refractivity contribution in [1.29, 1.82) is 0 Å². The maximum absolute atomic E-state index is 11.5. The molecule has 0 atom stereocenters. The molecule has 98 valence electrons. The van der Waals surface area contributed by atoms with Gasteiger partial charge in [0.1, 0.15) is 11.5 Å². The number of rotatable bonds is 4. The van der Waals surface area contributed by atoms with Gasteiger partial charge in [-0.1, -0.05) is 18.2 Å². The van der Waals surface area contributed by atoms with E-state index in [2.05, 4.69) is 0 Å². The molecule has 0 saturated carbocycles. The Bertz CT molecular complexity index is 538. The predicted molar refractivity (Wildman–Crippen MR) is 75.4 cm³/mol. The molecule has 0 spiro atoms. The average molecular weight is 256 g/mol. The van der Waals surface area contributed by atoms with Crippen LogP contribution in [0, 0.1) is 0 Å². The molecule has 2 rings (SSSR count). The van der Waals surface area contributed by atoms with Gasteiger partial charge in [0.2, 0.25) is 5.91 Å². The Morgan fingerprint density at radius 1 is 1.05 bits per heavy atom. The first-order valence-electron chi connectivity index (χ1n) is 6.00. The van der Waals surface area contributed by atoms with Crippen molar-refractivity contribution in [3.63, 3.8) is 0 Å². The van der Waals surface area contributed by atoms with Gasteiger partial charge in [-0.3, -0.25) is 4.79 Å². The van der Waals surface area contributed by atoms with Gasteiger partial charge in [0.15, 0.2) is 0 Å². The first-order valence-corrected chi connectivity index (χ1v) is 6.00. The van der Waals surface area contributed by atoms with E-state index in [0.29, 0.717) is 0 Å². The number of likely N-dealkylation sites (N-methyl/N-ethyl adjacent to an activating group) is 1. The van der Waals surface area contributed by atoms with Crippen molar-refractivity contribution in [3.8, 4) is 11.5 Å². The summed E-state index contributed by atoms with van der Waals surface area (Å²) in [5.74, 6) is 1.38. The summed E-state index contributed by atoms with van der Waals surface area (Å²) in [6.45, 7) is -0.00122. The molecule has 1 amide bonds. The fraction of sp³-hybridized carbons (Fsp3) is 0.133. The standard InChI is InChI=1S/C15H16N2O2/c1-17(15(18)11-16)12-7-9-14(10-8-12)19-13-5-3-2-4-6-13/h2-10H,11,16H2,1H3. The fourth-order valence-electron chi connectivity index (χ4n) is 1.64. The lowest BCUT2D eigenvalue weighted by Gasteiger charge is -2.16. The summed E-state index contributed by atoms with van der Waals surface area (Å²) in [6.07, 6.45) is 0. The Morgan fingerprint density at radius 3 is 2.21 bits per heavy atom. The van der Waals surface area contributed by atoms with Crippen LogP contribution in [0.4, 0.5) is 5.69 Å². The van der Waals surface area contributed by atoms with Crippen molar-refractivity contribution in [3.05, 3.63) is 54.6 Å². The van der Waals surface area contributed by atoms with Crippen molar-refractivity contribution >= 4 is 11.6 Å². The Labute approximate surface area is 112 Å². The molecule has 0 aliphatic rings. The molecule has 2 aromatic rings. The molecule has 0 fully saturated rings. The van der Waals surface area contributed by atoms with Crippen molar-refractivity contribution in [2.75, 3.05) is 18.5 Å². The number of ether oxygens (including phenoxy) is 1. The summed E-state index contributed by atoms with van der Waals surface area (Å²) in [4.78, 5) is 13.0. The van der Waals surface area contributed by atoms with Crippen LogP contribution < -0.4 is 15.4 Å². The maximum atomic E-state index is 11.5. The summed E-state index contributed by atoms with van der Waals surface area (Å²) in [7, 11) is 1.70. The molecule has 0 unspecified atom stereocenters. The van der Waals surface area contributed by atoms with Gasteiger partial charge in [-0.15, -0.1) is 0 Å². The highest BCUT2D eigenvalue weighted by atomic mass is 16.5. The summed E-state index contributed by atoms with van der Waals surface area (Å²) >= 11 is 0. The highest BCUT2D eigenvalue weighted by molar-refractivity contribution is 5.94. The summed E-state index contributed by atoms with van der Waals surface area (Å²) in [6, 6.07) is 16.8. The van der Waals surface area contributed by atoms with E-state index < -0.39 is 0 Å². The monoisotopic (exact) mass is 256 g/mol. The van der Waals surface area contributed by atoms with Crippen molar-refractivity contribution < 1.29 is 9.53 Å². The number of amides is 1. The molecular weight excluding hydrogens is 240 g/mol. The highest BCUT2D eigenvalue weighted by Gasteiger charge is 2.08. The minimum Gasteiger partial charge on any atom is -0.457 e. The predicted octanol–water partition coefficient (Wildman–Crippen LogP) is 2.40. The van der Waals surface area contributed by atoms with Gasteiger partial charge in [0, 0.05) is 12.7 Å². The second-order valence-corrected chi connectivity index (χ2v) is 4.07. The molecule has 0 radical (unpaired) electrons. The van der Waals surface area contributed by atoms with E-state index in [1.54, 1.807) is 7.05 Å². The minimum absolute atomic E-state index is 0.00122. The first-order chi connectivity index (χ1) is 9.20. The lowest BCUT2D eigenvalue weighted by Crippen LogP contribution is -2.32.